The molecule has 1 aromatic rings. The highest BCUT2D eigenvalue weighted by molar-refractivity contribution is 5.04. The number of nitrogens with zero attached hydrogens (tertiary/aromatic N) is 2. The molecule has 3 heteroatoms. The minimum atomic E-state index is 0.739. The molecule has 1 heterocycles. The number of aryl methyl sites for hydroxylation is 1. The van der Waals surface area contributed by atoms with Crippen molar-refractivity contribution in [3.8, 4) is 0 Å². The fourth-order valence-corrected chi connectivity index (χ4v) is 3.04. The summed E-state index contributed by atoms with van der Waals surface area (Å²) in [7, 11) is 1.98. The average Bonchev–Trinajstić information content (AvgIpc) is 2.75. The van der Waals surface area contributed by atoms with Crippen LogP contribution in [0.5, 0.6) is 0 Å². The smallest absolute Gasteiger partial charge is 0.0522 e. The molecule has 0 amide bonds. The predicted molar refractivity (Wildman–Crippen MR) is 75.5 cm³/mol. The zero-order valence-electron chi connectivity index (χ0n) is 12.0. The van der Waals surface area contributed by atoms with E-state index in [1.54, 1.807) is 0 Å². The Kier molecular flexibility index (Phi) is 4.81. The second kappa shape index (κ2) is 6.37. The number of hydrogen-bond donors (Lipinski definition) is 1. The Balaban J connectivity index is 1.70. The van der Waals surface area contributed by atoms with Gasteiger partial charge in [0.1, 0.15) is 0 Å². The lowest BCUT2D eigenvalue weighted by Crippen LogP contribution is -2.36. The van der Waals surface area contributed by atoms with Gasteiger partial charge < -0.3 is 5.32 Å². The van der Waals surface area contributed by atoms with E-state index < -0.39 is 0 Å². The van der Waals surface area contributed by atoms with Crippen molar-refractivity contribution in [1.29, 1.82) is 0 Å². The molecular weight excluding hydrogens is 222 g/mol. The molecule has 18 heavy (non-hydrogen) atoms. The lowest BCUT2D eigenvalue weighted by Gasteiger charge is -2.32. The van der Waals surface area contributed by atoms with E-state index in [0.717, 1.165) is 30.8 Å². The second-order valence-corrected chi connectivity index (χ2v) is 6.09. The van der Waals surface area contributed by atoms with Crippen LogP contribution in [0.1, 0.15) is 45.1 Å². The molecule has 1 aliphatic carbocycles. The molecule has 2 atom stereocenters. The van der Waals surface area contributed by atoms with Crippen molar-refractivity contribution in [3.05, 3.63) is 18.0 Å². The van der Waals surface area contributed by atoms with E-state index in [1.165, 1.54) is 31.2 Å². The van der Waals surface area contributed by atoms with Crippen molar-refractivity contribution in [3.63, 3.8) is 0 Å². The molecule has 1 aromatic heterocycles. The van der Waals surface area contributed by atoms with Crippen LogP contribution in [0.4, 0.5) is 0 Å². The molecule has 2 rings (SSSR count). The SMILES string of the molecule is CC(C)C1CCCC(NCCc2cnn(C)c2)C1. The molecule has 0 saturated heterocycles. The van der Waals surface area contributed by atoms with Crippen molar-refractivity contribution in [2.75, 3.05) is 6.54 Å². The first-order valence-electron chi connectivity index (χ1n) is 7.36. The predicted octanol–water partition coefficient (Wildman–Crippen LogP) is 2.77. The Morgan fingerprint density at radius 2 is 2.28 bits per heavy atom. The molecule has 2 unspecified atom stereocenters. The standard InChI is InChI=1S/C15H27N3/c1-12(2)14-5-4-6-15(9-14)16-8-7-13-10-17-18(3)11-13/h10-12,14-16H,4-9H2,1-3H3. The molecular formula is C15H27N3. The van der Waals surface area contributed by atoms with Crippen molar-refractivity contribution in [2.45, 2.75) is 52.0 Å². The highest BCUT2D eigenvalue weighted by Gasteiger charge is 2.23. The fourth-order valence-electron chi connectivity index (χ4n) is 3.04. The molecule has 3 nitrogen and oxygen atoms in total. The summed E-state index contributed by atoms with van der Waals surface area (Å²) in [5, 5.41) is 7.93. The zero-order valence-corrected chi connectivity index (χ0v) is 12.0. The maximum absolute atomic E-state index is 4.21. The van der Waals surface area contributed by atoms with Crippen molar-refractivity contribution in [1.82, 2.24) is 15.1 Å². The third kappa shape index (κ3) is 3.84. The van der Waals surface area contributed by atoms with Crippen LogP contribution in [0.25, 0.3) is 0 Å². The number of aromatic nitrogens is 2. The van der Waals surface area contributed by atoms with Gasteiger partial charge in [0.15, 0.2) is 0 Å². The van der Waals surface area contributed by atoms with E-state index in [0.29, 0.717) is 0 Å². The van der Waals surface area contributed by atoms with Gasteiger partial charge in [-0.3, -0.25) is 4.68 Å². The van der Waals surface area contributed by atoms with Crippen molar-refractivity contribution >= 4 is 0 Å². The first kappa shape index (κ1) is 13.6. The van der Waals surface area contributed by atoms with Crippen LogP contribution >= 0.6 is 0 Å². The van der Waals surface area contributed by atoms with E-state index in [9.17, 15) is 0 Å². The van der Waals surface area contributed by atoms with Gasteiger partial charge in [-0.1, -0.05) is 26.7 Å². The number of hydrogen-bond acceptors (Lipinski definition) is 2. The third-order valence-electron chi connectivity index (χ3n) is 4.26. The second-order valence-electron chi connectivity index (χ2n) is 6.09. The molecule has 1 saturated carbocycles. The van der Waals surface area contributed by atoms with Gasteiger partial charge in [-0.25, -0.2) is 0 Å². The lowest BCUT2D eigenvalue weighted by atomic mass is 9.79. The summed E-state index contributed by atoms with van der Waals surface area (Å²) in [6, 6.07) is 0.739. The molecule has 0 aliphatic heterocycles. The van der Waals surface area contributed by atoms with Crippen LogP contribution in [0.2, 0.25) is 0 Å². The first-order chi connectivity index (χ1) is 8.65. The van der Waals surface area contributed by atoms with Crippen molar-refractivity contribution < 1.29 is 0 Å². The first-order valence-corrected chi connectivity index (χ1v) is 7.36. The van der Waals surface area contributed by atoms with Crippen LogP contribution in [0.15, 0.2) is 12.4 Å². The molecule has 0 bridgehead atoms. The van der Waals surface area contributed by atoms with Gasteiger partial charge in [0.05, 0.1) is 6.20 Å². The van der Waals surface area contributed by atoms with Gasteiger partial charge in [-0.2, -0.15) is 5.10 Å². The summed E-state index contributed by atoms with van der Waals surface area (Å²) >= 11 is 0. The van der Waals surface area contributed by atoms with E-state index >= 15 is 0 Å². The molecule has 1 N–H and O–H groups in total. The molecule has 0 aromatic carbocycles. The minimum Gasteiger partial charge on any atom is -0.314 e. The maximum Gasteiger partial charge on any atom is 0.0522 e. The zero-order chi connectivity index (χ0) is 13.0. The highest BCUT2D eigenvalue weighted by Crippen LogP contribution is 2.29. The average molecular weight is 249 g/mol. The van der Waals surface area contributed by atoms with Gasteiger partial charge in [0.25, 0.3) is 0 Å². The third-order valence-corrected chi connectivity index (χ3v) is 4.26. The summed E-state index contributed by atoms with van der Waals surface area (Å²) in [6.07, 6.45) is 10.7. The molecule has 0 radical (unpaired) electrons. The van der Waals surface area contributed by atoms with Gasteiger partial charge in [-0.05, 0) is 43.2 Å². The molecule has 0 spiro atoms. The Labute approximate surface area is 111 Å². The normalized spacial score (nSPS) is 24.7. The van der Waals surface area contributed by atoms with Gasteiger partial charge in [0.2, 0.25) is 0 Å². The van der Waals surface area contributed by atoms with Crippen LogP contribution in [0, 0.1) is 11.8 Å². The number of nitrogens with one attached hydrogen (secondary N) is 1. The van der Waals surface area contributed by atoms with Crippen LogP contribution in [0.3, 0.4) is 0 Å². The van der Waals surface area contributed by atoms with E-state index in [2.05, 4.69) is 30.5 Å². The van der Waals surface area contributed by atoms with Crippen molar-refractivity contribution in [2.24, 2.45) is 18.9 Å². The van der Waals surface area contributed by atoms with Crippen LogP contribution in [-0.2, 0) is 13.5 Å². The van der Waals surface area contributed by atoms with Gasteiger partial charge in [0, 0.05) is 19.3 Å². The summed E-state index contributed by atoms with van der Waals surface area (Å²) < 4.78 is 1.88. The quantitative estimate of drug-likeness (QED) is 0.869. The largest absolute Gasteiger partial charge is 0.314 e. The molecule has 102 valence electrons. The lowest BCUT2D eigenvalue weighted by molar-refractivity contribution is 0.232. The summed E-state index contributed by atoms with van der Waals surface area (Å²) in [6.45, 7) is 5.81. The Morgan fingerprint density at radius 3 is 2.94 bits per heavy atom. The minimum absolute atomic E-state index is 0.739. The summed E-state index contributed by atoms with van der Waals surface area (Å²) in [5.41, 5.74) is 1.33. The highest BCUT2D eigenvalue weighted by atomic mass is 15.2. The fraction of sp³-hybridized carbons (Fsp3) is 0.800. The Hall–Kier alpha value is -0.830. The van der Waals surface area contributed by atoms with Crippen LogP contribution in [-0.4, -0.2) is 22.4 Å². The summed E-state index contributed by atoms with van der Waals surface area (Å²) in [5.74, 6) is 1.77. The van der Waals surface area contributed by atoms with Gasteiger partial charge in [-0.15, -0.1) is 0 Å². The monoisotopic (exact) mass is 249 g/mol. The van der Waals surface area contributed by atoms with Crippen LogP contribution < -0.4 is 5.32 Å². The molecule has 1 aliphatic rings. The molecule has 1 fully saturated rings. The van der Waals surface area contributed by atoms with E-state index in [-0.39, 0.29) is 0 Å². The Bertz CT molecular complexity index is 356. The maximum atomic E-state index is 4.21. The van der Waals surface area contributed by atoms with E-state index in [1.807, 2.05) is 17.9 Å². The van der Waals surface area contributed by atoms with Gasteiger partial charge >= 0.3 is 0 Å². The Morgan fingerprint density at radius 1 is 1.44 bits per heavy atom. The number of rotatable bonds is 5. The summed E-state index contributed by atoms with van der Waals surface area (Å²) in [4.78, 5) is 0. The van der Waals surface area contributed by atoms with E-state index in [4.69, 9.17) is 0 Å². The topological polar surface area (TPSA) is 29.9 Å².